The third-order valence-corrected chi connectivity index (χ3v) is 2.76. The Morgan fingerprint density at radius 1 is 0.778 bits per heavy atom. The smallest absolute Gasteiger partial charge is 0.194 e. The van der Waals surface area contributed by atoms with Gasteiger partial charge in [0.1, 0.15) is 0 Å². The lowest BCUT2D eigenvalue weighted by atomic mass is 9.81. The third-order valence-electron chi connectivity index (χ3n) is 2.76. The van der Waals surface area contributed by atoms with E-state index in [0.717, 1.165) is 0 Å². The van der Waals surface area contributed by atoms with Crippen molar-refractivity contribution in [3.05, 3.63) is 84.0 Å². The maximum Gasteiger partial charge on any atom is 0.194 e. The summed E-state index contributed by atoms with van der Waals surface area (Å²) in [6.07, 6.45) is 6.13. The second kappa shape index (κ2) is 4.80. The van der Waals surface area contributed by atoms with E-state index in [4.69, 9.17) is 0 Å². The predicted octanol–water partition coefficient (Wildman–Crippen LogP) is 3.29. The molecule has 0 heterocycles. The van der Waals surface area contributed by atoms with E-state index in [-0.39, 0.29) is 11.6 Å². The van der Waals surface area contributed by atoms with E-state index in [0.29, 0.717) is 22.3 Å². The largest absolute Gasteiger partial charge is 0.289 e. The van der Waals surface area contributed by atoms with E-state index in [2.05, 4.69) is 13.2 Å². The van der Waals surface area contributed by atoms with Crippen molar-refractivity contribution in [2.24, 2.45) is 0 Å². The Balaban J connectivity index is 2.74. The van der Waals surface area contributed by atoms with Gasteiger partial charge in [-0.1, -0.05) is 61.7 Å². The van der Waals surface area contributed by atoms with E-state index in [1.165, 1.54) is 12.2 Å². The number of ketones is 2. The molecular formula is C16H12O2. The van der Waals surface area contributed by atoms with Crippen molar-refractivity contribution in [2.75, 3.05) is 0 Å². The summed E-state index contributed by atoms with van der Waals surface area (Å²) in [5, 5.41) is 0. The van der Waals surface area contributed by atoms with Crippen molar-refractivity contribution >= 4 is 11.6 Å². The number of Topliss-reactive ketones (excluding diaryl/α,β-unsaturated/α-hetero) is 2. The number of hydrogen-bond acceptors (Lipinski definition) is 2. The van der Waals surface area contributed by atoms with Crippen molar-refractivity contribution in [1.82, 2.24) is 0 Å². The zero-order valence-corrected chi connectivity index (χ0v) is 9.85. The maximum atomic E-state index is 12.3. The predicted molar refractivity (Wildman–Crippen MR) is 71.7 cm³/mol. The number of fused-ring (bicyclic) bond motifs is 1. The van der Waals surface area contributed by atoms with Crippen molar-refractivity contribution in [1.29, 1.82) is 0 Å². The second-order valence-corrected chi connectivity index (χ2v) is 3.84. The Morgan fingerprint density at radius 3 is 1.50 bits per heavy atom. The van der Waals surface area contributed by atoms with Gasteiger partial charge in [-0.05, 0) is 0 Å². The van der Waals surface area contributed by atoms with Crippen LogP contribution in [0, 0.1) is 0 Å². The number of allylic oxidation sites excluding steroid dienone is 6. The van der Waals surface area contributed by atoms with Gasteiger partial charge in [-0.25, -0.2) is 0 Å². The number of benzene rings is 1. The van der Waals surface area contributed by atoms with Gasteiger partial charge in [-0.2, -0.15) is 0 Å². The highest BCUT2D eigenvalue weighted by Crippen LogP contribution is 2.29. The average molecular weight is 236 g/mol. The maximum absolute atomic E-state index is 12.3. The van der Waals surface area contributed by atoms with Gasteiger partial charge < -0.3 is 0 Å². The van der Waals surface area contributed by atoms with Crippen molar-refractivity contribution in [3.63, 3.8) is 0 Å². The average Bonchev–Trinajstić information content (AvgIpc) is 2.40. The molecule has 0 spiro atoms. The molecule has 0 N–H and O–H groups in total. The Kier molecular flexibility index (Phi) is 3.20. The Bertz CT molecular complexity index is 561. The lowest BCUT2D eigenvalue weighted by Crippen LogP contribution is -2.22. The molecule has 0 bridgehead atoms. The fourth-order valence-corrected chi connectivity index (χ4v) is 1.98. The highest BCUT2D eigenvalue weighted by Gasteiger charge is 2.31. The van der Waals surface area contributed by atoms with E-state index in [9.17, 15) is 9.59 Å². The SMILES string of the molecule is C=C/C=C1/C(=O)c2ccccc2C(=O)/C1=C/C=C. The van der Waals surface area contributed by atoms with Gasteiger partial charge in [-0.15, -0.1) is 0 Å². The minimum atomic E-state index is -0.154. The summed E-state index contributed by atoms with van der Waals surface area (Å²) in [6.45, 7) is 7.14. The molecule has 18 heavy (non-hydrogen) atoms. The molecule has 2 heteroatoms. The molecule has 88 valence electrons. The van der Waals surface area contributed by atoms with Crippen LogP contribution in [0.4, 0.5) is 0 Å². The van der Waals surface area contributed by atoms with Crippen LogP contribution in [0.25, 0.3) is 0 Å². The molecular weight excluding hydrogens is 224 g/mol. The number of rotatable bonds is 2. The van der Waals surface area contributed by atoms with Crippen molar-refractivity contribution in [3.8, 4) is 0 Å². The summed E-state index contributed by atoms with van der Waals surface area (Å²) < 4.78 is 0. The fourth-order valence-electron chi connectivity index (χ4n) is 1.98. The van der Waals surface area contributed by atoms with Gasteiger partial charge in [0.25, 0.3) is 0 Å². The minimum absolute atomic E-state index is 0.154. The molecule has 0 saturated carbocycles. The van der Waals surface area contributed by atoms with E-state index < -0.39 is 0 Å². The molecule has 1 aliphatic rings. The highest BCUT2D eigenvalue weighted by atomic mass is 16.1. The molecule has 2 nitrogen and oxygen atoms in total. The Labute approximate surface area is 106 Å². The molecule has 0 amide bonds. The molecule has 1 aliphatic carbocycles. The molecule has 0 atom stereocenters. The van der Waals surface area contributed by atoms with Crippen LogP contribution in [0.3, 0.4) is 0 Å². The summed E-state index contributed by atoms with van der Waals surface area (Å²) in [5.41, 5.74) is 1.62. The van der Waals surface area contributed by atoms with Crippen molar-refractivity contribution < 1.29 is 9.59 Å². The minimum Gasteiger partial charge on any atom is -0.289 e. The van der Waals surface area contributed by atoms with E-state index in [1.807, 2.05) is 0 Å². The van der Waals surface area contributed by atoms with Gasteiger partial charge in [-0.3, -0.25) is 9.59 Å². The molecule has 2 rings (SSSR count). The quantitative estimate of drug-likeness (QED) is 0.738. The van der Waals surface area contributed by atoms with Crippen LogP contribution in [0.15, 0.2) is 72.9 Å². The number of carbonyl (C=O) groups excluding carboxylic acids is 2. The monoisotopic (exact) mass is 236 g/mol. The van der Waals surface area contributed by atoms with Crippen molar-refractivity contribution in [2.45, 2.75) is 0 Å². The van der Waals surface area contributed by atoms with Gasteiger partial charge >= 0.3 is 0 Å². The molecule has 0 fully saturated rings. The van der Waals surface area contributed by atoms with E-state index in [1.54, 1.807) is 36.4 Å². The van der Waals surface area contributed by atoms with Gasteiger partial charge in [0.05, 0.1) is 0 Å². The molecule has 0 radical (unpaired) electrons. The summed E-state index contributed by atoms with van der Waals surface area (Å²) in [4.78, 5) is 24.6. The van der Waals surface area contributed by atoms with Gasteiger partial charge in [0.15, 0.2) is 11.6 Å². The summed E-state index contributed by atoms with van der Waals surface area (Å²) in [5.74, 6) is -0.309. The normalized spacial score (nSPS) is 18.9. The van der Waals surface area contributed by atoms with Gasteiger partial charge in [0.2, 0.25) is 0 Å². The Morgan fingerprint density at radius 2 is 1.17 bits per heavy atom. The first-order chi connectivity index (χ1) is 8.70. The van der Waals surface area contributed by atoms with Crippen LogP contribution < -0.4 is 0 Å². The molecule has 1 aromatic rings. The first-order valence-corrected chi connectivity index (χ1v) is 5.55. The second-order valence-electron chi connectivity index (χ2n) is 3.84. The first kappa shape index (κ1) is 12.0. The Hall–Kier alpha value is -2.48. The van der Waals surface area contributed by atoms with Crippen LogP contribution in [-0.4, -0.2) is 11.6 Å². The molecule has 1 aromatic carbocycles. The third kappa shape index (κ3) is 1.78. The number of carbonyl (C=O) groups is 2. The molecule has 0 unspecified atom stereocenters. The van der Waals surface area contributed by atoms with Crippen LogP contribution in [0.2, 0.25) is 0 Å². The fraction of sp³-hybridized carbons (Fsp3) is 0. The lowest BCUT2D eigenvalue weighted by molar-refractivity contribution is 0.0973. The summed E-state index contributed by atoms with van der Waals surface area (Å²) in [6, 6.07) is 6.82. The molecule has 0 aliphatic heterocycles. The van der Waals surface area contributed by atoms with E-state index >= 15 is 0 Å². The molecule has 0 saturated heterocycles. The first-order valence-electron chi connectivity index (χ1n) is 5.55. The molecule has 0 aromatic heterocycles. The summed E-state index contributed by atoms with van der Waals surface area (Å²) >= 11 is 0. The van der Waals surface area contributed by atoms with Crippen LogP contribution in [-0.2, 0) is 0 Å². The zero-order valence-electron chi connectivity index (χ0n) is 9.85. The van der Waals surface area contributed by atoms with Crippen LogP contribution >= 0.6 is 0 Å². The van der Waals surface area contributed by atoms with Gasteiger partial charge in [0, 0.05) is 22.3 Å². The number of hydrogen-bond donors (Lipinski definition) is 0. The highest BCUT2D eigenvalue weighted by molar-refractivity contribution is 6.31. The zero-order chi connectivity index (χ0) is 13.1. The summed E-state index contributed by atoms with van der Waals surface area (Å²) in [7, 11) is 0. The topological polar surface area (TPSA) is 34.1 Å². The van der Waals surface area contributed by atoms with Crippen LogP contribution in [0.1, 0.15) is 20.7 Å². The standard InChI is InChI=1S/C16H12O2/c1-3-7-11-12(8-4-2)16(18)14-10-6-5-9-13(14)15(11)17/h3-10H,1-2H2/b11-7+,12-8+. The lowest BCUT2D eigenvalue weighted by Gasteiger charge is -2.18. The van der Waals surface area contributed by atoms with Crippen LogP contribution in [0.5, 0.6) is 0 Å².